The van der Waals surface area contributed by atoms with Crippen LogP contribution >= 0.6 is 0 Å². The number of Topliss-reactive ketones (excluding diaryl/α,β-unsaturated/α-hetero) is 1. The molecule has 278 valence electrons. The molecule has 0 aliphatic carbocycles. The van der Waals surface area contributed by atoms with Crippen LogP contribution in [-0.2, 0) is 41.7 Å². The monoisotopic (exact) mass is 708 g/mol. The van der Waals surface area contributed by atoms with Gasteiger partial charge in [0.05, 0.1) is 6.04 Å². The lowest BCUT2D eigenvalue weighted by molar-refractivity contribution is -0.142. The number of rotatable bonds is 21. The molecule has 0 heterocycles. The quantitative estimate of drug-likeness (QED) is 0.0425. The second-order valence-corrected chi connectivity index (χ2v) is 12.8. The largest absolute Gasteiger partial charge is 0.445 e. The number of carbonyl (C=O) groups is 6. The summed E-state index contributed by atoms with van der Waals surface area (Å²) in [6.07, 6.45) is 0.250. The molecular formula is C36H52N8O7. The highest BCUT2D eigenvalue weighted by Gasteiger charge is 2.35. The van der Waals surface area contributed by atoms with E-state index in [0.29, 0.717) is 12.8 Å². The van der Waals surface area contributed by atoms with Gasteiger partial charge in [0.1, 0.15) is 24.7 Å². The molecule has 0 saturated heterocycles. The summed E-state index contributed by atoms with van der Waals surface area (Å²) in [5, 5.41) is 10.4. The van der Waals surface area contributed by atoms with Gasteiger partial charge in [-0.2, -0.15) is 0 Å². The summed E-state index contributed by atoms with van der Waals surface area (Å²) in [6, 6.07) is 13.4. The molecule has 0 aliphatic heterocycles. The molecule has 15 heteroatoms. The fourth-order valence-electron chi connectivity index (χ4n) is 5.06. The molecule has 0 radical (unpaired) electrons. The minimum absolute atomic E-state index is 0.0124. The molecule has 2 rings (SSSR count). The third-order valence-electron chi connectivity index (χ3n) is 8.06. The number of amides is 5. The first kappa shape index (κ1) is 41.7. The van der Waals surface area contributed by atoms with Crippen LogP contribution in [-0.4, -0.2) is 72.2 Å². The van der Waals surface area contributed by atoms with E-state index in [2.05, 4.69) is 26.3 Å². The molecule has 0 aliphatic rings. The highest BCUT2D eigenvalue weighted by molar-refractivity contribution is 6.39. The van der Waals surface area contributed by atoms with Crippen molar-refractivity contribution in [3.63, 3.8) is 0 Å². The van der Waals surface area contributed by atoms with Crippen LogP contribution in [0.25, 0.3) is 0 Å². The first-order valence-electron chi connectivity index (χ1n) is 17.0. The molecule has 10 N–H and O–H groups in total. The van der Waals surface area contributed by atoms with E-state index in [0.717, 1.165) is 11.1 Å². The second kappa shape index (κ2) is 21.6. The number of guanidine groups is 1. The van der Waals surface area contributed by atoms with Crippen LogP contribution < -0.4 is 38.5 Å². The van der Waals surface area contributed by atoms with Crippen LogP contribution in [0.1, 0.15) is 64.5 Å². The van der Waals surface area contributed by atoms with E-state index in [-0.39, 0.29) is 44.3 Å². The average molecular weight is 709 g/mol. The zero-order chi connectivity index (χ0) is 37.9. The molecular weight excluding hydrogens is 656 g/mol. The predicted octanol–water partition coefficient (Wildman–Crippen LogP) is 1.18. The minimum Gasteiger partial charge on any atom is -0.445 e. The van der Waals surface area contributed by atoms with E-state index < -0.39 is 65.6 Å². The Kier molecular flexibility index (Phi) is 17.6. The van der Waals surface area contributed by atoms with Crippen LogP contribution in [0.2, 0.25) is 0 Å². The summed E-state index contributed by atoms with van der Waals surface area (Å²) >= 11 is 0. The Hall–Kier alpha value is -5.47. The smallest absolute Gasteiger partial charge is 0.408 e. The van der Waals surface area contributed by atoms with Gasteiger partial charge in [0.2, 0.25) is 23.5 Å². The zero-order valence-electron chi connectivity index (χ0n) is 29.7. The Morgan fingerprint density at radius 1 is 0.745 bits per heavy atom. The van der Waals surface area contributed by atoms with Crippen molar-refractivity contribution < 1.29 is 33.5 Å². The number of aliphatic imine (C=N–C) groups is 1. The molecule has 15 nitrogen and oxygen atoms in total. The standard InChI is InChI=1S/C36H52N8O7/c1-5-23(4)29(30(45)34(49)41-26(31(37)46)17-12-18-40-35(38)39)44-33(48)27(19-22(2)3)42-32(47)28(20-24-13-8-6-9-14-24)43-36(50)51-21-25-15-10-7-11-16-25/h6-11,13-16,22-23,26-29H,5,12,17-21H2,1-4H3,(H2,37,46)(H,41,49)(H,42,47)(H,43,50)(H,44,48)(H4,38,39,40)/t23-,26+,27-,28-,29?/m0/s1. The van der Waals surface area contributed by atoms with Gasteiger partial charge in [0.25, 0.3) is 5.91 Å². The zero-order valence-corrected chi connectivity index (χ0v) is 29.7. The first-order valence-corrected chi connectivity index (χ1v) is 17.0. The lowest BCUT2D eigenvalue weighted by atomic mass is 9.93. The van der Waals surface area contributed by atoms with E-state index >= 15 is 0 Å². The Morgan fingerprint density at radius 2 is 1.33 bits per heavy atom. The van der Waals surface area contributed by atoms with E-state index in [1.807, 2.05) is 38.1 Å². The van der Waals surface area contributed by atoms with Crippen molar-refractivity contribution in [3.05, 3.63) is 71.8 Å². The van der Waals surface area contributed by atoms with Gasteiger partial charge < -0.3 is 43.2 Å². The molecule has 0 bridgehead atoms. The fourth-order valence-corrected chi connectivity index (χ4v) is 5.06. The van der Waals surface area contributed by atoms with Crippen molar-refractivity contribution in [1.82, 2.24) is 21.3 Å². The summed E-state index contributed by atoms with van der Waals surface area (Å²) in [5.41, 5.74) is 17.6. The van der Waals surface area contributed by atoms with Crippen molar-refractivity contribution in [1.29, 1.82) is 0 Å². The molecule has 0 saturated carbocycles. The summed E-state index contributed by atoms with van der Waals surface area (Å²) in [4.78, 5) is 82.7. The van der Waals surface area contributed by atoms with Crippen molar-refractivity contribution in [2.75, 3.05) is 6.54 Å². The van der Waals surface area contributed by atoms with Gasteiger partial charge in [-0.1, -0.05) is 94.8 Å². The molecule has 51 heavy (non-hydrogen) atoms. The third kappa shape index (κ3) is 15.3. The molecule has 5 atom stereocenters. The SMILES string of the molecule is CC[C@H](C)C(NC(=O)[C@H](CC(C)C)NC(=O)[C@H](Cc1ccccc1)NC(=O)OCc1ccccc1)C(=O)C(=O)N[C@H](CCCN=C(N)N)C(N)=O. The number of hydrogen-bond acceptors (Lipinski definition) is 8. The number of nitrogens with one attached hydrogen (secondary N) is 4. The van der Waals surface area contributed by atoms with Crippen LogP contribution in [0, 0.1) is 11.8 Å². The topological polar surface area (TPSA) is 250 Å². The van der Waals surface area contributed by atoms with Crippen LogP contribution in [0.3, 0.4) is 0 Å². The van der Waals surface area contributed by atoms with Crippen molar-refractivity contribution in [2.24, 2.45) is 34.0 Å². The number of nitrogens with zero attached hydrogens (tertiary/aromatic N) is 1. The number of nitrogens with two attached hydrogens (primary N) is 3. The van der Waals surface area contributed by atoms with Crippen LogP contribution in [0.5, 0.6) is 0 Å². The van der Waals surface area contributed by atoms with E-state index in [1.54, 1.807) is 50.2 Å². The number of hydrogen-bond donors (Lipinski definition) is 7. The maximum absolute atomic E-state index is 13.8. The molecule has 2 aromatic rings. The number of alkyl carbamates (subject to hydrolysis) is 1. The van der Waals surface area contributed by atoms with E-state index in [4.69, 9.17) is 21.9 Å². The van der Waals surface area contributed by atoms with Gasteiger partial charge in [-0.3, -0.25) is 29.0 Å². The maximum Gasteiger partial charge on any atom is 0.408 e. The number of ether oxygens (including phenoxy) is 1. The van der Waals surface area contributed by atoms with Crippen molar-refractivity contribution in [2.45, 2.75) is 90.6 Å². The maximum atomic E-state index is 13.8. The lowest BCUT2D eigenvalue weighted by Gasteiger charge is -2.28. The minimum atomic E-state index is -1.28. The van der Waals surface area contributed by atoms with Crippen LogP contribution in [0.15, 0.2) is 65.7 Å². The van der Waals surface area contributed by atoms with Gasteiger partial charge in [-0.25, -0.2) is 4.79 Å². The molecule has 1 unspecified atom stereocenters. The predicted molar refractivity (Wildman–Crippen MR) is 193 cm³/mol. The van der Waals surface area contributed by atoms with Crippen molar-refractivity contribution in [3.8, 4) is 0 Å². The summed E-state index contributed by atoms with van der Waals surface area (Å²) in [7, 11) is 0. The third-order valence-corrected chi connectivity index (χ3v) is 8.06. The summed E-state index contributed by atoms with van der Waals surface area (Å²) in [5.74, 6) is -4.98. The molecule has 2 aromatic carbocycles. The first-order chi connectivity index (χ1) is 24.2. The number of ketones is 1. The molecule has 0 spiro atoms. The van der Waals surface area contributed by atoms with Gasteiger partial charge in [-0.15, -0.1) is 0 Å². The summed E-state index contributed by atoms with van der Waals surface area (Å²) < 4.78 is 5.35. The van der Waals surface area contributed by atoms with Gasteiger partial charge in [0.15, 0.2) is 5.96 Å². The Morgan fingerprint density at radius 3 is 1.88 bits per heavy atom. The Bertz CT molecular complexity index is 1480. The van der Waals surface area contributed by atoms with Gasteiger partial charge in [-0.05, 0) is 42.2 Å². The number of benzene rings is 2. The van der Waals surface area contributed by atoms with Gasteiger partial charge in [0, 0.05) is 13.0 Å². The Balaban J connectivity index is 2.22. The molecule has 0 aromatic heterocycles. The molecule has 5 amide bonds. The Labute approximate surface area is 298 Å². The highest BCUT2D eigenvalue weighted by atomic mass is 16.5. The van der Waals surface area contributed by atoms with E-state index in [1.165, 1.54) is 0 Å². The second-order valence-electron chi connectivity index (χ2n) is 12.8. The van der Waals surface area contributed by atoms with E-state index in [9.17, 15) is 28.8 Å². The van der Waals surface area contributed by atoms with Crippen LogP contribution in [0.4, 0.5) is 4.79 Å². The van der Waals surface area contributed by atoms with Crippen molar-refractivity contribution >= 4 is 41.5 Å². The summed E-state index contributed by atoms with van der Waals surface area (Å²) in [6.45, 7) is 7.36. The lowest BCUT2D eigenvalue weighted by Crippen LogP contribution is -2.59. The highest BCUT2D eigenvalue weighted by Crippen LogP contribution is 2.13. The normalized spacial score (nSPS) is 13.7. The molecule has 0 fully saturated rings. The number of carbonyl (C=O) groups excluding carboxylic acids is 6. The number of primary amides is 1. The fraction of sp³-hybridized carbons (Fsp3) is 0.472. The van der Waals surface area contributed by atoms with Gasteiger partial charge >= 0.3 is 6.09 Å². The average Bonchev–Trinajstić information content (AvgIpc) is 3.10.